The van der Waals surface area contributed by atoms with E-state index in [1.807, 2.05) is 19.2 Å². The highest BCUT2D eigenvalue weighted by atomic mass is 16.7. The molecule has 5 nitrogen and oxygen atoms in total. The Kier molecular flexibility index (Phi) is 6.92. The highest BCUT2D eigenvalue weighted by molar-refractivity contribution is 6.62. The van der Waals surface area contributed by atoms with E-state index in [2.05, 4.69) is 46.1 Å². The Bertz CT molecular complexity index is 945. The van der Waals surface area contributed by atoms with E-state index in [0.29, 0.717) is 5.56 Å². The van der Waals surface area contributed by atoms with Crippen LogP contribution in [0.4, 0.5) is 0 Å². The number of carbonyl (C=O) groups is 1. The first-order valence-electron chi connectivity index (χ1n) is 11.6. The Morgan fingerprint density at radius 3 is 2.35 bits per heavy atom. The van der Waals surface area contributed by atoms with E-state index in [4.69, 9.17) is 14.0 Å². The van der Waals surface area contributed by atoms with Crippen LogP contribution in [0.1, 0.15) is 82.6 Å². The predicted octanol–water partition coefficient (Wildman–Crippen LogP) is 5.16. The molecule has 2 aliphatic rings. The molecule has 2 heterocycles. The second-order valence-corrected chi connectivity index (χ2v) is 9.84. The maximum absolute atomic E-state index is 11.8. The topological polar surface area (TPSA) is 49.7 Å². The third kappa shape index (κ3) is 4.42. The molecule has 1 aliphatic heterocycles. The minimum atomic E-state index is -0.432. The zero-order valence-corrected chi connectivity index (χ0v) is 20.5. The Labute approximate surface area is 187 Å². The van der Waals surface area contributed by atoms with Crippen molar-refractivity contribution in [1.82, 2.24) is 4.57 Å². The van der Waals surface area contributed by atoms with Gasteiger partial charge < -0.3 is 18.6 Å². The normalized spacial score (nSPS) is 23.2. The SMILES string of the molecule is CC1CCCC1.CCC1(C)OB(c2c(C)c3ccc(C(=O)OC)cc3n2C)OC1(C)C. The van der Waals surface area contributed by atoms with Crippen LogP contribution in [0.2, 0.25) is 0 Å². The molecule has 1 aromatic carbocycles. The fourth-order valence-corrected chi connectivity index (χ4v) is 4.77. The second kappa shape index (κ2) is 8.99. The third-order valence-electron chi connectivity index (χ3n) is 7.51. The van der Waals surface area contributed by atoms with Gasteiger partial charge in [-0.15, -0.1) is 0 Å². The van der Waals surface area contributed by atoms with E-state index in [9.17, 15) is 4.79 Å². The standard InChI is InChI=1S/C19H26BNO4.C6H12/c1-8-19(5)18(3,4)24-20(25-19)16-12(2)14-10-9-13(17(22)23-7)11-15(14)21(16)6;1-6-4-2-3-5-6/h9-11H,8H2,1-7H3;6H,2-5H2,1H3. The molecular weight excluding hydrogens is 389 g/mol. The lowest BCUT2D eigenvalue weighted by molar-refractivity contribution is -0.0118. The smallest absolute Gasteiger partial charge is 0.465 e. The molecule has 1 saturated carbocycles. The zero-order chi connectivity index (χ0) is 23.0. The van der Waals surface area contributed by atoms with E-state index in [1.54, 1.807) is 6.07 Å². The van der Waals surface area contributed by atoms with Gasteiger partial charge in [0.15, 0.2) is 0 Å². The minimum Gasteiger partial charge on any atom is -0.465 e. The van der Waals surface area contributed by atoms with Crippen molar-refractivity contribution in [2.45, 2.75) is 84.8 Å². The number of nitrogens with zero attached hydrogens (tertiary/aromatic N) is 1. The van der Waals surface area contributed by atoms with Crippen LogP contribution >= 0.6 is 0 Å². The number of aromatic nitrogens is 1. The monoisotopic (exact) mass is 427 g/mol. The Hall–Kier alpha value is -1.79. The largest absolute Gasteiger partial charge is 0.512 e. The van der Waals surface area contributed by atoms with Crippen molar-refractivity contribution in [3.05, 3.63) is 29.3 Å². The molecule has 0 bridgehead atoms. The first-order valence-corrected chi connectivity index (χ1v) is 11.6. The van der Waals surface area contributed by atoms with E-state index in [0.717, 1.165) is 34.4 Å². The van der Waals surface area contributed by atoms with Crippen molar-refractivity contribution in [3.8, 4) is 0 Å². The van der Waals surface area contributed by atoms with Gasteiger partial charge in [0.2, 0.25) is 0 Å². The maximum Gasteiger partial charge on any atom is 0.512 e. The summed E-state index contributed by atoms with van der Waals surface area (Å²) < 4.78 is 19.5. The maximum atomic E-state index is 11.8. The number of ether oxygens (including phenoxy) is 1. The minimum absolute atomic E-state index is 0.338. The molecule has 170 valence electrons. The van der Waals surface area contributed by atoms with E-state index in [-0.39, 0.29) is 17.2 Å². The summed E-state index contributed by atoms with van der Waals surface area (Å²) in [5.41, 5.74) is 2.86. The van der Waals surface area contributed by atoms with Gasteiger partial charge in [0.25, 0.3) is 0 Å². The second-order valence-electron chi connectivity index (χ2n) is 9.84. The quantitative estimate of drug-likeness (QED) is 0.502. The van der Waals surface area contributed by atoms with Crippen LogP contribution in [0, 0.1) is 12.8 Å². The number of fused-ring (bicyclic) bond motifs is 1. The van der Waals surface area contributed by atoms with Crippen molar-refractivity contribution in [1.29, 1.82) is 0 Å². The van der Waals surface area contributed by atoms with Crippen LogP contribution in [0.3, 0.4) is 0 Å². The van der Waals surface area contributed by atoms with Crippen LogP contribution in [0.15, 0.2) is 18.2 Å². The molecule has 6 heteroatoms. The van der Waals surface area contributed by atoms with Gasteiger partial charge in [-0.2, -0.15) is 0 Å². The van der Waals surface area contributed by atoms with Gasteiger partial charge in [-0.1, -0.05) is 45.6 Å². The summed E-state index contributed by atoms with van der Waals surface area (Å²) in [5, 5.41) is 1.08. The summed E-state index contributed by atoms with van der Waals surface area (Å²) >= 11 is 0. The molecular formula is C25H38BNO4. The van der Waals surface area contributed by atoms with Crippen LogP contribution in [-0.2, 0) is 21.1 Å². The van der Waals surface area contributed by atoms with Crippen molar-refractivity contribution in [3.63, 3.8) is 0 Å². The number of rotatable bonds is 3. The van der Waals surface area contributed by atoms with Crippen LogP contribution in [-0.4, -0.2) is 36.0 Å². The molecule has 4 rings (SSSR count). The molecule has 0 N–H and O–H groups in total. The summed E-state index contributed by atoms with van der Waals surface area (Å²) in [6.07, 6.45) is 6.81. The lowest BCUT2D eigenvalue weighted by Crippen LogP contribution is -2.44. The van der Waals surface area contributed by atoms with Gasteiger partial charge in [0, 0.05) is 18.0 Å². The molecule has 0 radical (unpaired) electrons. The molecule has 0 amide bonds. The van der Waals surface area contributed by atoms with E-state index >= 15 is 0 Å². The van der Waals surface area contributed by atoms with Crippen molar-refractivity contribution >= 4 is 29.6 Å². The van der Waals surface area contributed by atoms with Gasteiger partial charge in [0.1, 0.15) is 0 Å². The molecule has 1 atom stereocenters. The van der Waals surface area contributed by atoms with Gasteiger partial charge in [-0.25, -0.2) is 4.79 Å². The predicted molar refractivity (Wildman–Crippen MR) is 127 cm³/mol. The summed E-state index contributed by atoms with van der Waals surface area (Å²) in [6, 6.07) is 5.61. The molecule has 1 unspecified atom stereocenters. The molecule has 31 heavy (non-hydrogen) atoms. The lowest BCUT2D eigenvalue weighted by Gasteiger charge is -2.35. The van der Waals surface area contributed by atoms with Gasteiger partial charge in [-0.3, -0.25) is 0 Å². The Balaban J connectivity index is 0.000000391. The van der Waals surface area contributed by atoms with Crippen molar-refractivity contribution in [2.24, 2.45) is 13.0 Å². The fraction of sp³-hybridized carbons (Fsp3) is 0.640. The number of methoxy groups -OCH3 is 1. The fourth-order valence-electron chi connectivity index (χ4n) is 4.77. The number of aryl methyl sites for hydroxylation is 2. The number of carbonyl (C=O) groups excluding carboxylic acids is 1. The van der Waals surface area contributed by atoms with Crippen LogP contribution in [0.5, 0.6) is 0 Å². The van der Waals surface area contributed by atoms with E-state index in [1.165, 1.54) is 32.8 Å². The summed E-state index contributed by atoms with van der Waals surface area (Å²) in [5.74, 6) is 0.709. The first-order chi connectivity index (χ1) is 14.5. The number of benzene rings is 1. The highest BCUT2D eigenvalue weighted by Crippen LogP contribution is 2.40. The van der Waals surface area contributed by atoms with Gasteiger partial charge >= 0.3 is 13.1 Å². The molecule has 2 aromatic rings. The van der Waals surface area contributed by atoms with Crippen LogP contribution in [0.25, 0.3) is 10.9 Å². The van der Waals surface area contributed by atoms with Gasteiger partial charge in [0.05, 0.1) is 29.5 Å². The number of esters is 1. The molecule has 1 saturated heterocycles. The molecule has 1 aromatic heterocycles. The highest BCUT2D eigenvalue weighted by Gasteiger charge is 2.54. The van der Waals surface area contributed by atoms with Crippen LogP contribution < -0.4 is 5.59 Å². The molecule has 0 spiro atoms. The van der Waals surface area contributed by atoms with E-state index < -0.39 is 7.12 Å². The number of hydrogen-bond donors (Lipinski definition) is 0. The summed E-state index contributed by atoms with van der Waals surface area (Å²) in [4.78, 5) is 11.8. The average molecular weight is 427 g/mol. The molecule has 2 fully saturated rings. The Morgan fingerprint density at radius 1 is 1.23 bits per heavy atom. The number of hydrogen-bond acceptors (Lipinski definition) is 4. The zero-order valence-electron chi connectivity index (χ0n) is 20.5. The molecule has 1 aliphatic carbocycles. The first kappa shape index (κ1) is 23.9. The summed E-state index contributed by atoms with van der Waals surface area (Å²) in [6.45, 7) is 12.8. The van der Waals surface area contributed by atoms with Gasteiger partial charge in [-0.05, 0) is 57.7 Å². The average Bonchev–Trinajstić information content (AvgIpc) is 3.38. The Morgan fingerprint density at radius 2 is 1.87 bits per heavy atom. The lowest BCUT2D eigenvalue weighted by atomic mass is 9.81. The summed E-state index contributed by atoms with van der Waals surface area (Å²) in [7, 11) is 2.94. The van der Waals surface area contributed by atoms with Crippen molar-refractivity contribution < 1.29 is 18.8 Å². The van der Waals surface area contributed by atoms with Crippen molar-refractivity contribution in [2.75, 3.05) is 7.11 Å². The third-order valence-corrected chi connectivity index (χ3v) is 7.51.